The summed E-state index contributed by atoms with van der Waals surface area (Å²) in [6, 6.07) is 20.2. The van der Waals surface area contributed by atoms with Crippen molar-refractivity contribution in [2.75, 3.05) is 0 Å². The molecule has 112 valence electrons. The lowest BCUT2D eigenvalue weighted by Gasteiger charge is -2.26. The highest BCUT2D eigenvalue weighted by Crippen LogP contribution is 2.26. The van der Waals surface area contributed by atoms with Crippen LogP contribution in [0.3, 0.4) is 0 Å². The van der Waals surface area contributed by atoms with Crippen LogP contribution in [0.1, 0.15) is 49.9 Å². The van der Waals surface area contributed by atoms with Crippen molar-refractivity contribution >= 4 is 0 Å². The van der Waals surface area contributed by atoms with Crippen molar-refractivity contribution in [3.8, 4) is 0 Å². The Morgan fingerprint density at radius 1 is 0.857 bits per heavy atom. The lowest BCUT2D eigenvalue weighted by Crippen LogP contribution is -2.32. The molecule has 2 unspecified atom stereocenters. The van der Waals surface area contributed by atoms with Gasteiger partial charge in [-0.3, -0.25) is 0 Å². The quantitative estimate of drug-likeness (QED) is 0.776. The smallest absolute Gasteiger partial charge is 0.0581 e. The first-order chi connectivity index (χ1) is 10.1. The van der Waals surface area contributed by atoms with Crippen molar-refractivity contribution in [2.24, 2.45) is 5.92 Å². The van der Waals surface area contributed by atoms with Gasteiger partial charge in [0, 0.05) is 6.04 Å². The summed E-state index contributed by atoms with van der Waals surface area (Å²) in [4.78, 5) is 0. The minimum absolute atomic E-state index is 0.265. The van der Waals surface area contributed by atoms with Gasteiger partial charge in [-0.15, -0.1) is 0 Å². The predicted octanol–water partition coefficient (Wildman–Crippen LogP) is 5.11. The van der Waals surface area contributed by atoms with E-state index in [1.54, 1.807) is 0 Å². The summed E-state index contributed by atoms with van der Waals surface area (Å²) in [6.45, 7) is 9.04. The first-order valence-corrected chi connectivity index (χ1v) is 7.94. The second kappa shape index (κ2) is 7.42. The molecular formula is C20H27N. The lowest BCUT2D eigenvalue weighted by atomic mass is 9.93. The maximum Gasteiger partial charge on any atom is 0.0581 e. The number of rotatable bonds is 6. The molecule has 0 saturated heterocycles. The fourth-order valence-corrected chi connectivity index (χ4v) is 2.98. The molecule has 1 N–H and O–H groups in total. The van der Waals surface area contributed by atoms with Crippen LogP contribution in [0.25, 0.3) is 0 Å². The van der Waals surface area contributed by atoms with Crippen LogP contribution in [0.2, 0.25) is 0 Å². The lowest BCUT2D eigenvalue weighted by molar-refractivity contribution is 0.417. The zero-order chi connectivity index (χ0) is 15.2. The van der Waals surface area contributed by atoms with Gasteiger partial charge in [0.15, 0.2) is 0 Å². The molecule has 0 aliphatic rings. The van der Waals surface area contributed by atoms with Crippen molar-refractivity contribution in [2.45, 2.75) is 46.2 Å². The molecule has 1 nitrogen and oxygen atoms in total. The molecule has 0 bridgehead atoms. The molecule has 2 aromatic carbocycles. The highest BCUT2D eigenvalue weighted by molar-refractivity contribution is 5.36. The monoisotopic (exact) mass is 281 g/mol. The molecule has 0 fully saturated rings. The van der Waals surface area contributed by atoms with Crippen LogP contribution in [-0.2, 0) is 0 Å². The van der Waals surface area contributed by atoms with Crippen molar-refractivity contribution in [3.05, 3.63) is 71.3 Å². The van der Waals surface area contributed by atoms with Crippen LogP contribution < -0.4 is 5.32 Å². The molecule has 2 rings (SSSR count). The number of hydrogen-bond donors (Lipinski definition) is 1. The van der Waals surface area contributed by atoms with E-state index in [-0.39, 0.29) is 6.04 Å². The average molecular weight is 281 g/mol. The van der Waals surface area contributed by atoms with Gasteiger partial charge in [0.05, 0.1) is 6.04 Å². The molecule has 0 saturated carbocycles. The van der Waals surface area contributed by atoms with Crippen LogP contribution >= 0.6 is 0 Å². The van der Waals surface area contributed by atoms with Gasteiger partial charge in [-0.2, -0.15) is 0 Å². The molecule has 2 aromatic rings. The number of aryl methyl sites for hydroxylation is 1. The predicted molar refractivity (Wildman–Crippen MR) is 91.5 cm³/mol. The van der Waals surface area contributed by atoms with E-state index in [0.29, 0.717) is 12.0 Å². The third-order valence-corrected chi connectivity index (χ3v) is 3.91. The van der Waals surface area contributed by atoms with Gasteiger partial charge >= 0.3 is 0 Å². The second-order valence-electron chi connectivity index (χ2n) is 6.40. The van der Waals surface area contributed by atoms with Gasteiger partial charge in [0.1, 0.15) is 0 Å². The number of benzene rings is 2. The van der Waals surface area contributed by atoms with E-state index in [9.17, 15) is 0 Å². The number of hydrogen-bond acceptors (Lipinski definition) is 1. The zero-order valence-corrected chi connectivity index (χ0v) is 13.6. The van der Waals surface area contributed by atoms with E-state index < -0.39 is 0 Å². The van der Waals surface area contributed by atoms with E-state index >= 15 is 0 Å². The topological polar surface area (TPSA) is 12.0 Å². The highest BCUT2D eigenvalue weighted by atomic mass is 14.9. The maximum absolute atomic E-state index is 3.82. The SMILES string of the molecule is Cc1ccccc1C(NC(C)CC(C)C)c1ccccc1. The van der Waals surface area contributed by atoms with Gasteiger partial charge < -0.3 is 5.32 Å². The minimum atomic E-state index is 0.265. The molecule has 0 aliphatic heterocycles. The van der Waals surface area contributed by atoms with Gasteiger partial charge in [-0.05, 0) is 42.9 Å². The van der Waals surface area contributed by atoms with Crippen molar-refractivity contribution in [3.63, 3.8) is 0 Å². The van der Waals surface area contributed by atoms with Gasteiger partial charge in [-0.1, -0.05) is 68.4 Å². The molecule has 0 aliphatic carbocycles. The summed E-state index contributed by atoms with van der Waals surface area (Å²) < 4.78 is 0. The van der Waals surface area contributed by atoms with E-state index in [2.05, 4.69) is 87.6 Å². The fourth-order valence-electron chi connectivity index (χ4n) is 2.98. The van der Waals surface area contributed by atoms with Crippen LogP contribution in [0, 0.1) is 12.8 Å². The summed E-state index contributed by atoms with van der Waals surface area (Å²) >= 11 is 0. The summed E-state index contributed by atoms with van der Waals surface area (Å²) in [5, 5.41) is 3.82. The average Bonchev–Trinajstić information content (AvgIpc) is 2.46. The van der Waals surface area contributed by atoms with Crippen molar-refractivity contribution in [1.82, 2.24) is 5.32 Å². The Balaban J connectivity index is 2.30. The normalized spacial score (nSPS) is 14.1. The molecule has 0 radical (unpaired) electrons. The third kappa shape index (κ3) is 4.44. The standard InChI is InChI=1S/C20H27N/c1-15(2)14-17(4)21-20(18-11-6-5-7-12-18)19-13-9-8-10-16(19)3/h5-13,15,17,20-21H,14H2,1-4H3. The van der Waals surface area contributed by atoms with Crippen LogP contribution in [0.5, 0.6) is 0 Å². The fraction of sp³-hybridized carbons (Fsp3) is 0.400. The number of nitrogens with one attached hydrogen (secondary N) is 1. The van der Waals surface area contributed by atoms with Crippen LogP contribution in [0.4, 0.5) is 0 Å². The summed E-state index contributed by atoms with van der Waals surface area (Å²) in [6.07, 6.45) is 1.19. The van der Waals surface area contributed by atoms with E-state index in [4.69, 9.17) is 0 Å². The Morgan fingerprint density at radius 2 is 1.48 bits per heavy atom. The van der Waals surface area contributed by atoms with Crippen molar-refractivity contribution < 1.29 is 0 Å². The van der Waals surface area contributed by atoms with Crippen LogP contribution in [0.15, 0.2) is 54.6 Å². The molecule has 0 spiro atoms. The summed E-state index contributed by atoms with van der Waals surface area (Å²) in [7, 11) is 0. The Kier molecular flexibility index (Phi) is 5.58. The maximum atomic E-state index is 3.82. The molecule has 0 aromatic heterocycles. The molecule has 0 amide bonds. The Labute approximate surface area is 129 Å². The van der Waals surface area contributed by atoms with Gasteiger partial charge in [0.25, 0.3) is 0 Å². The van der Waals surface area contributed by atoms with Crippen LogP contribution in [-0.4, -0.2) is 6.04 Å². The summed E-state index contributed by atoms with van der Waals surface area (Å²) in [5.41, 5.74) is 4.05. The zero-order valence-electron chi connectivity index (χ0n) is 13.6. The minimum Gasteiger partial charge on any atom is -0.304 e. The highest BCUT2D eigenvalue weighted by Gasteiger charge is 2.18. The van der Waals surface area contributed by atoms with Crippen molar-refractivity contribution in [1.29, 1.82) is 0 Å². The largest absolute Gasteiger partial charge is 0.304 e. The Hall–Kier alpha value is -1.60. The van der Waals surface area contributed by atoms with E-state index in [0.717, 1.165) is 0 Å². The molecule has 1 heteroatoms. The Morgan fingerprint density at radius 3 is 2.10 bits per heavy atom. The summed E-state index contributed by atoms with van der Waals surface area (Å²) in [5.74, 6) is 0.709. The second-order valence-corrected chi connectivity index (χ2v) is 6.40. The first-order valence-electron chi connectivity index (χ1n) is 7.94. The molecule has 2 atom stereocenters. The molecular weight excluding hydrogens is 254 g/mol. The molecule has 21 heavy (non-hydrogen) atoms. The first kappa shape index (κ1) is 15.8. The Bertz CT molecular complexity index is 545. The van der Waals surface area contributed by atoms with Gasteiger partial charge in [-0.25, -0.2) is 0 Å². The van der Waals surface area contributed by atoms with E-state index in [1.807, 2.05) is 0 Å². The molecule has 0 heterocycles. The third-order valence-electron chi connectivity index (χ3n) is 3.91. The van der Waals surface area contributed by atoms with Gasteiger partial charge in [0.2, 0.25) is 0 Å². The van der Waals surface area contributed by atoms with E-state index in [1.165, 1.54) is 23.1 Å².